The highest BCUT2D eigenvalue weighted by molar-refractivity contribution is 5.83. The number of nitrogens with zero attached hydrogens (tertiary/aromatic N) is 2. The standard InChI is InChI=1S/C15H26N2O2/c18-15(13-3-1-2-4-13)12-16-6-5-14(11-16)17-7-9-19-10-8-17/h13-14H,1-12H2. The molecule has 108 valence electrons. The van der Waals surface area contributed by atoms with Crippen LogP contribution in [0.3, 0.4) is 0 Å². The Hall–Kier alpha value is -0.450. The third-order valence-electron chi connectivity index (χ3n) is 5.00. The summed E-state index contributed by atoms with van der Waals surface area (Å²) in [6, 6.07) is 0.653. The molecule has 4 nitrogen and oxygen atoms in total. The van der Waals surface area contributed by atoms with Crippen molar-refractivity contribution in [3.05, 3.63) is 0 Å². The molecule has 0 amide bonds. The Bertz CT molecular complexity index is 309. The lowest BCUT2D eigenvalue weighted by Gasteiger charge is -2.32. The number of hydrogen-bond donors (Lipinski definition) is 0. The zero-order valence-corrected chi connectivity index (χ0v) is 11.9. The fourth-order valence-corrected chi connectivity index (χ4v) is 3.79. The second-order valence-corrected chi connectivity index (χ2v) is 6.27. The highest BCUT2D eigenvalue weighted by Crippen LogP contribution is 2.26. The summed E-state index contributed by atoms with van der Waals surface area (Å²) in [6.45, 7) is 6.75. The number of likely N-dealkylation sites (tertiary alicyclic amines) is 1. The van der Waals surface area contributed by atoms with Crippen LogP contribution in [0.15, 0.2) is 0 Å². The third kappa shape index (κ3) is 3.36. The Kier molecular flexibility index (Phi) is 4.51. The van der Waals surface area contributed by atoms with Gasteiger partial charge < -0.3 is 4.74 Å². The van der Waals surface area contributed by atoms with E-state index in [0.717, 1.165) is 52.2 Å². The first-order valence-corrected chi connectivity index (χ1v) is 7.90. The first-order chi connectivity index (χ1) is 9.33. The van der Waals surface area contributed by atoms with Crippen LogP contribution in [0.25, 0.3) is 0 Å². The van der Waals surface area contributed by atoms with E-state index in [2.05, 4.69) is 9.80 Å². The molecule has 1 atom stereocenters. The number of ether oxygens (including phenoxy) is 1. The van der Waals surface area contributed by atoms with E-state index in [0.29, 0.717) is 24.3 Å². The zero-order chi connectivity index (χ0) is 13.1. The van der Waals surface area contributed by atoms with E-state index in [1.54, 1.807) is 0 Å². The summed E-state index contributed by atoms with van der Waals surface area (Å²) >= 11 is 0. The van der Waals surface area contributed by atoms with Crippen molar-refractivity contribution in [1.29, 1.82) is 0 Å². The minimum absolute atomic E-state index is 0.377. The van der Waals surface area contributed by atoms with Crippen LogP contribution < -0.4 is 0 Å². The van der Waals surface area contributed by atoms with Crippen molar-refractivity contribution in [3.63, 3.8) is 0 Å². The van der Waals surface area contributed by atoms with Crippen molar-refractivity contribution < 1.29 is 9.53 Å². The van der Waals surface area contributed by atoms with E-state index in [9.17, 15) is 4.79 Å². The maximum absolute atomic E-state index is 12.2. The monoisotopic (exact) mass is 266 g/mol. The van der Waals surface area contributed by atoms with Crippen LogP contribution in [0.5, 0.6) is 0 Å². The molecule has 0 aromatic carbocycles. The second kappa shape index (κ2) is 6.33. The number of rotatable bonds is 4. The molecule has 4 heteroatoms. The molecule has 2 saturated heterocycles. The van der Waals surface area contributed by atoms with Crippen molar-refractivity contribution >= 4 is 5.78 Å². The van der Waals surface area contributed by atoms with Gasteiger partial charge in [-0.1, -0.05) is 12.8 Å². The van der Waals surface area contributed by atoms with Gasteiger partial charge >= 0.3 is 0 Å². The lowest BCUT2D eigenvalue weighted by molar-refractivity contribution is -0.123. The first kappa shape index (κ1) is 13.5. The fourth-order valence-electron chi connectivity index (χ4n) is 3.79. The molecule has 0 radical (unpaired) electrons. The van der Waals surface area contributed by atoms with Gasteiger partial charge in [-0.3, -0.25) is 14.6 Å². The van der Waals surface area contributed by atoms with Crippen molar-refractivity contribution in [3.8, 4) is 0 Å². The van der Waals surface area contributed by atoms with Crippen LogP contribution in [-0.2, 0) is 9.53 Å². The summed E-state index contributed by atoms with van der Waals surface area (Å²) < 4.78 is 5.41. The van der Waals surface area contributed by atoms with Crippen molar-refractivity contribution in [2.24, 2.45) is 5.92 Å². The summed E-state index contributed by atoms with van der Waals surface area (Å²) in [7, 11) is 0. The van der Waals surface area contributed by atoms with Crippen LogP contribution in [0, 0.1) is 5.92 Å². The number of Topliss-reactive ketones (excluding diaryl/α,β-unsaturated/α-hetero) is 1. The number of carbonyl (C=O) groups excluding carboxylic acids is 1. The molecule has 3 rings (SSSR count). The average Bonchev–Trinajstić information content (AvgIpc) is 3.11. The minimum Gasteiger partial charge on any atom is -0.379 e. The largest absolute Gasteiger partial charge is 0.379 e. The molecule has 3 fully saturated rings. The molecule has 3 aliphatic rings. The van der Waals surface area contributed by atoms with Crippen molar-refractivity contribution in [2.75, 3.05) is 45.9 Å². The van der Waals surface area contributed by atoms with E-state index in [1.165, 1.54) is 19.3 Å². The van der Waals surface area contributed by atoms with Crippen LogP contribution in [0.1, 0.15) is 32.1 Å². The van der Waals surface area contributed by atoms with E-state index in [4.69, 9.17) is 4.74 Å². The summed E-state index contributed by atoms with van der Waals surface area (Å²) in [5, 5.41) is 0. The summed E-state index contributed by atoms with van der Waals surface area (Å²) in [5.41, 5.74) is 0. The Balaban J connectivity index is 1.44. The Morgan fingerprint density at radius 1 is 1.05 bits per heavy atom. The van der Waals surface area contributed by atoms with Gasteiger partial charge in [-0.2, -0.15) is 0 Å². The van der Waals surface area contributed by atoms with Gasteiger partial charge in [-0.05, 0) is 19.3 Å². The molecule has 0 spiro atoms. The normalized spacial score (nSPS) is 31.1. The molecule has 0 aromatic heterocycles. The molecule has 0 N–H and O–H groups in total. The molecule has 2 aliphatic heterocycles. The SMILES string of the molecule is O=C(CN1CCC(N2CCOCC2)C1)C1CCCC1. The van der Waals surface area contributed by atoms with Gasteiger partial charge in [0.25, 0.3) is 0 Å². The first-order valence-electron chi connectivity index (χ1n) is 7.90. The molecule has 19 heavy (non-hydrogen) atoms. The topological polar surface area (TPSA) is 32.8 Å². The number of hydrogen-bond acceptors (Lipinski definition) is 4. The second-order valence-electron chi connectivity index (χ2n) is 6.27. The predicted molar refractivity (Wildman–Crippen MR) is 74.2 cm³/mol. The maximum Gasteiger partial charge on any atom is 0.149 e. The van der Waals surface area contributed by atoms with Crippen LogP contribution >= 0.6 is 0 Å². The summed E-state index contributed by atoms with van der Waals surface area (Å²) in [5.74, 6) is 0.877. The van der Waals surface area contributed by atoms with Crippen molar-refractivity contribution in [2.45, 2.75) is 38.1 Å². The van der Waals surface area contributed by atoms with Gasteiger partial charge in [0, 0.05) is 38.1 Å². The number of carbonyl (C=O) groups is 1. The van der Waals surface area contributed by atoms with Crippen LogP contribution in [-0.4, -0.2) is 67.6 Å². The smallest absolute Gasteiger partial charge is 0.149 e. The number of ketones is 1. The van der Waals surface area contributed by atoms with Crippen molar-refractivity contribution in [1.82, 2.24) is 9.80 Å². The average molecular weight is 266 g/mol. The highest BCUT2D eigenvalue weighted by Gasteiger charge is 2.31. The predicted octanol–water partition coefficient (Wildman–Crippen LogP) is 1.15. The van der Waals surface area contributed by atoms with Gasteiger partial charge in [0.05, 0.1) is 19.8 Å². The minimum atomic E-state index is 0.377. The quantitative estimate of drug-likeness (QED) is 0.764. The van der Waals surface area contributed by atoms with Crippen LogP contribution in [0.4, 0.5) is 0 Å². The van der Waals surface area contributed by atoms with E-state index in [1.807, 2.05) is 0 Å². The van der Waals surface area contributed by atoms with Gasteiger partial charge in [-0.15, -0.1) is 0 Å². The van der Waals surface area contributed by atoms with E-state index >= 15 is 0 Å². The van der Waals surface area contributed by atoms with E-state index in [-0.39, 0.29) is 0 Å². The third-order valence-corrected chi connectivity index (χ3v) is 5.00. The Morgan fingerprint density at radius 2 is 1.79 bits per heavy atom. The van der Waals surface area contributed by atoms with Gasteiger partial charge in [-0.25, -0.2) is 0 Å². The van der Waals surface area contributed by atoms with Crippen LogP contribution in [0.2, 0.25) is 0 Å². The molecule has 1 aliphatic carbocycles. The highest BCUT2D eigenvalue weighted by atomic mass is 16.5. The molecule has 0 aromatic rings. The summed E-state index contributed by atoms with van der Waals surface area (Å²) in [4.78, 5) is 17.1. The molecule has 2 heterocycles. The Labute approximate surface area is 116 Å². The lowest BCUT2D eigenvalue weighted by atomic mass is 10.0. The molecule has 1 unspecified atom stereocenters. The molecule has 0 bridgehead atoms. The molecular weight excluding hydrogens is 240 g/mol. The molecule has 1 saturated carbocycles. The fraction of sp³-hybridized carbons (Fsp3) is 0.933. The number of morpholine rings is 1. The van der Waals surface area contributed by atoms with E-state index < -0.39 is 0 Å². The summed E-state index contributed by atoms with van der Waals surface area (Å²) in [6.07, 6.45) is 6.01. The van der Waals surface area contributed by atoms with Gasteiger partial charge in [0.15, 0.2) is 0 Å². The Morgan fingerprint density at radius 3 is 2.53 bits per heavy atom. The lowest BCUT2D eigenvalue weighted by Crippen LogP contribution is -2.45. The molecular formula is C15H26N2O2. The van der Waals surface area contributed by atoms with Gasteiger partial charge in [0.2, 0.25) is 0 Å². The van der Waals surface area contributed by atoms with Gasteiger partial charge in [0.1, 0.15) is 5.78 Å². The zero-order valence-electron chi connectivity index (χ0n) is 11.9. The maximum atomic E-state index is 12.2.